The number of rotatable bonds is 5. The lowest BCUT2D eigenvalue weighted by atomic mass is 10.0. The number of nitrogen functional groups attached to an aromatic ring is 1. The first-order chi connectivity index (χ1) is 15.9. The lowest BCUT2D eigenvalue weighted by Gasteiger charge is -2.32. The minimum atomic E-state index is -1.16. The van der Waals surface area contributed by atoms with Crippen molar-refractivity contribution in [2.45, 2.75) is 18.6 Å². The molecule has 4 N–H and O–H groups in total. The predicted octanol–water partition coefficient (Wildman–Crippen LogP) is 2.78. The Morgan fingerprint density at radius 1 is 1.27 bits per heavy atom. The standard InChI is InChI=1S/C24H25FN6O2/c1-3-22(32)28-20-8-10-27-19-6-4-14(12-15(19)20)18-7-5-17(26)23(29-18)24(33)30-21-9-11-31(2)13-16(21)25/h3-8,10,12,16,21H,1,9,11,13,26H2,2H3,(H,30,33)(H,27,28,32)/t16-,21+/m0/s1. The summed E-state index contributed by atoms with van der Waals surface area (Å²) in [5, 5.41) is 6.22. The van der Waals surface area contributed by atoms with Gasteiger partial charge in [-0.25, -0.2) is 9.37 Å². The topological polar surface area (TPSA) is 113 Å². The third kappa shape index (κ3) is 4.83. The molecule has 2 atom stereocenters. The monoisotopic (exact) mass is 448 g/mol. The van der Waals surface area contributed by atoms with Crippen molar-refractivity contribution in [2.75, 3.05) is 31.2 Å². The van der Waals surface area contributed by atoms with Crippen LogP contribution in [0.3, 0.4) is 0 Å². The SMILES string of the molecule is C=CC(=O)Nc1ccnc2ccc(-c3ccc(N)c(C(=O)N[C@@H]4CCN(C)C[C@@H]4F)n3)cc12. The molecule has 1 aliphatic rings. The Bertz CT molecular complexity index is 1230. The maximum atomic E-state index is 14.4. The van der Waals surface area contributed by atoms with E-state index in [2.05, 4.69) is 27.2 Å². The first-order valence-electron chi connectivity index (χ1n) is 10.6. The van der Waals surface area contributed by atoms with Crippen LogP contribution in [0.1, 0.15) is 16.9 Å². The van der Waals surface area contributed by atoms with Gasteiger partial charge in [-0.05, 0) is 49.9 Å². The summed E-state index contributed by atoms with van der Waals surface area (Å²) < 4.78 is 14.4. The number of carbonyl (C=O) groups excluding carboxylic acids is 2. The van der Waals surface area contributed by atoms with E-state index >= 15 is 0 Å². The number of aromatic nitrogens is 2. The van der Waals surface area contributed by atoms with Crippen LogP contribution in [0.2, 0.25) is 0 Å². The molecule has 0 radical (unpaired) electrons. The van der Waals surface area contributed by atoms with Crippen molar-refractivity contribution in [3.05, 3.63) is 60.9 Å². The Labute approximate surface area is 190 Å². The third-order valence-electron chi connectivity index (χ3n) is 5.68. The van der Waals surface area contributed by atoms with E-state index in [0.29, 0.717) is 40.8 Å². The number of anilines is 2. The Balaban J connectivity index is 1.64. The largest absolute Gasteiger partial charge is 0.397 e. The molecule has 0 bridgehead atoms. The first-order valence-corrected chi connectivity index (χ1v) is 10.6. The summed E-state index contributed by atoms with van der Waals surface area (Å²) in [7, 11) is 1.85. The number of hydrogen-bond donors (Lipinski definition) is 3. The zero-order valence-corrected chi connectivity index (χ0v) is 18.2. The van der Waals surface area contributed by atoms with E-state index in [0.717, 1.165) is 0 Å². The minimum absolute atomic E-state index is 0.0464. The number of fused-ring (bicyclic) bond motifs is 1. The number of alkyl halides is 1. The van der Waals surface area contributed by atoms with Crippen LogP contribution in [0, 0.1) is 0 Å². The zero-order chi connectivity index (χ0) is 23.5. The zero-order valence-electron chi connectivity index (χ0n) is 18.2. The molecule has 1 aliphatic heterocycles. The maximum absolute atomic E-state index is 14.4. The summed E-state index contributed by atoms with van der Waals surface area (Å²) in [4.78, 5) is 35.3. The summed E-state index contributed by atoms with van der Waals surface area (Å²) >= 11 is 0. The highest BCUT2D eigenvalue weighted by Crippen LogP contribution is 2.28. The average molecular weight is 449 g/mol. The van der Waals surface area contributed by atoms with Gasteiger partial charge in [-0.15, -0.1) is 0 Å². The smallest absolute Gasteiger partial charge is 0.272 e. The molecule has 1 fully saturated rings. The predicted molar refractivity (Wildman–Crippen MR) is 126 cm³/mol. The molecule has 3 heterocycles. The van der Waals surface area contributed by atoms with E-state index in [1.807, 2.05) is 24.1 Å². The van der Waals surface area contributed by atoms with Crippen LogP contribution in [-0.4, -0.2) is 59.0 Å². The van der Waals surface area contributed by atoms with Crippen molar-refractivity contribution in [2.24, 2.45) is 0 Å². The first kappa shape index (κ1) is 22.3. The quantitative estimate of drug-likeness (QED) is 0.518. The van der Waals surface area contributed by atoms with Crippen LogP contribution in [0.25, 0.3) is 22.2 Å². The highest BCUT2D eigenvalue weighted by Gasteiger charge is 2.29. The Hall–Kier alpha value is -3.85. The van der Waals surface area contributed by atoms with Crippen LogP contribution in [0.5, 0.6) is 0 Å². The summed E-state index contributed by atoms with van der Waals surface area (Å²) in [6.45, 7) is 4.44. The molecule has 8 nitrogen and oxygen atoms in total. The maximum Gasteiger partial charge on any atom is 0.272 e. The molecule has 2 aromatic heterocycles. The van der Waals surface area contributed by atoms with Gasteiger partial charge in [0.15, 0.2) is 5.69 Å². The van der Waals surface area contributed by atoms with Crippen molar-refractivity contribution in [1.29, 1.82) is 0 Å². The highest BCUT2D eigenvalue weighted by atomic mass is 19.1. The molecule has 0 spiro atoms. The number of benzene rings is 1. The van der Waals surface area contributed by atoms with Crippen LogP contribution in [0.15, 0.2) is 55.3 Å². The van der Waals surface area contributed by atoms with Gasteiger partial charge in [0.2, 0.25) is 5.91 Å². The fourth-order valence-electron chi connectivity index (χ4n) is 3.87. The van der Waals surface area contributed by atoms with E-state index in [4.69, 9.17) is 5.73 Å². The van der Waals surface area contributed by atoms with Crippen molar-refractivity contribution >= 4 is 34.1 Å². The molecule has 9 heteroatoms. The summed E-state index contributed by atoms with van der Waals surface area (Å²) in [5.74, 6) is -0.842. The molecule has 0 aliphatic carbocycles. The van der Waals surface area contributed by atoms with E-state index in [9.17, 15) is 14.0 Å². The van der Waals surface area contributed by atoms with E-state index in [1.165, 1.54) is 6.08 Å². The van der Waals surface area contributed by atoms with Gasteiger partial charge in [0.1, 0.15) is 6.17 Å². The Morgan fingerprint density at radius 3 is 2.85 bits per heavy atom. The second-order valence-electron chi connectivity index (χ2n) is 8.07. The third-order valence-corrected chi connectivity index (χ3v) is 5.68. The summed E-state index contributed by atoms with van der Waals surface area (Å²) in [5.41, 5.74) is 8.77. The number of amides is 2. The Kier molecular flexibility index (Phi) is 6.32. The van der Waals surface area contributed by atoms with E-state index < -0.39 is 18.1 Å². The minimum Gasteiger partial charge on any atom is -0.397 e. The van der Waals surface area contributed by atoms with Crippen LogP contribution < -0.4 is 16.4 Å². The van der Waals surface area contributed by atoms with Gasteiger partial charge >= 0.3 is 0 Å². The number of nitrogens with one attached hydrogen (secondary N) is 2. The van der Waals surface area contributed by atoms with Gasteiger partial charge in [-0.1, -0.05) is 12.6 Å². The highest BCUT2D eigenvalue weighted by molar-refractivity contribution is 6.06. The number of pyridine rings is 2. The summed E-state index contributed by atoms with van der Waals surface area (Å²) in [6, 6.07) is 9.88. The van der Waals surface area contributed by atoms with Gasteiger partial charge in [0, 0.05) is 30.2 Å². The number of halogens is 1. The van der Waals surface area contributed by atoms with Gasteiger partial charge < -0.3 is 21.3 Å². The second-order valence-corrected chi connectivity index (χ2v) is 8.07. The molecule has 4 rings (SSSR count). The molecule has 0 unspecified atom stereocenters. The molecule has 0 saturated carbocycles. The second kappa shape index (κ2) is 9.33. The fourth-order valence-corrected chi connectivity index (χ4v) is 3.87. The van der Waals surface area contributed by atoms with Gasteiger partial charge in [-0.2, -0.15) is 0 Å². The Morgan fingerprint density at radius 2 is 2.09 bits per heavy atom. The lowest BCUT2D eigenvalue weighted by molar-refractivity contribution is -0.111. The number of piperidine rings is 1. The molecular formula is C24H25FN6O2. The molecule has 1 saturated heterocycles. The number of nitrogens with two attached hydrogens (primary N) is 1. The van der Waals surface area contributed by atoms with Crippen LogP contribution in [-0.2, 0) is 4.79 Å². The number of carbonyl (C=O) groups is 2. The molecule has 3 aromatic rings. The van der Waals surface area contributed by atoms with Crippen molar-refractivity contribution in [3.8, 4) is 11.3 Å². The van der Waals surface area contributed by atoms with Crippen LogP contribution in [0.4, 0.5) is 15.8 Å². The number of hydrogen-bond acceptors (Lipinski definition) is 6. The molecular weight excluding hydrogens is 423 g/mol. The van der Waals surface area contributed by atoms with Crippen molar-refractivity contribution < 1.29 is 14.0 Å². The summed E-state index contributed by atoms with van der Waals surface area (Å²) in [6.07, 6.45) is 2.15. The van der Waals surface area contributed by atoms with E-state index in [1.54, 1.807) is 30.5 Å². The van der Waals surface area contributed by atoms with Crippen LogP contribution >= 0.6 is 0 Å². The van der Waals surface area contributed by atoms with Gasteiger partial charge in [0.25, 0.3) is 5.91 Å². The normalized spacial score (nSPS) is 18.6. The molecule has 33 heavy (non-hydrogen) atoms. The van der Waals surface area contributed by atoms with E-state index in [-0.39, 0.29) is 23.8 Å². The van der Waals surface area contributed by atoms with Gasteiger partial charge in [0.05, 0.1) is 28.6 Å². The molecule has 170 valence electrons. The van der Waals surface area contributed by atoms with Crippen molar-refractivity contribution in [3.63, 3.8) is 0 Å². The number of nitrogens with zero attached hydrogens (tertiary/aromatic N) is 3. The number of likely N-dealkylation sites (tertiary alicyclic amines) is 1. The van der Waals surface area contributed by atoms with Crippen molar-refractivity contribution in [1.82, 2.24) is 20.2 Å². The molecule has 1 aromatic carbocycles. The van der Waals surface area contributed by atoms with Gasteiger partial charge in [-0.3, -0.25) is 14.6 Å². The molecule has 2 amide bonds. The fraction of sp³-hybridized carbons (Fsp3) is 0.250. The average Bonchev–Trinajstić information content (AvgIpc) is 2.81. The lowest BCUT2D eigenvalue weighted by Crippen LogP contribution is -2.51.